The number of hydrogen-bond acceptors (Lipinski definition) is 4. The Morgan fingerprint density at radius 3 is 2.46 bits per heavy atom. The van der Waals surface area contributed by atoms with Crippen LogP contribution in [0.2, 0.25) is 0 Å². The number of nitrogens with one attached hydrogen (secondary N) is 2. The lowest BCUT2D eigenvalue weighted by Crippen LogP contribution is -2.15. The predicted octanol–water partition coefficient (Wildman–Crippen LogP) is 3.71. The van der Waals surface area contributed by atoms with Gasteiger partial charge in [0.1, 0.15) is 5.75 Å². The fourth-order valence-electron chi connectivity index (χ4n) is 2.26. The molecule has 0 aliphatic rings. The lowest BCUT2D eigenvalue weighted by Gasteiger charge is -2.12. The number of phenolic OH excluding ortho intramolecular Hbond substituents is 1. The van der Waals surface area contributed by atoms with E-state index in [0.29, 0.717) is 17.9 Å². The van der Waals surface area contributed by atoms with Crippen molar-refractivity contribution in [2.24, 2.45) is 0 Å². The number of pyridine rings is 1. The van der Waals surface area contributed by atoms with Crippen molar-refractivity contribution in [1.29, 1.82) is 0 Å². The van der Waals surface area contributed by atoms with Crippen molar-refractivity contribution in [3.63, 3.8) is 0 Å². The topological polar surface area (TPSA) is 74.2 Å². The molecule has 0 unspecified atom stereocenters. The first-order valence-corrected chi connectivity index (χ1v) is 7.55. The van der Waals surface area contributed by atoms with E-state index in [0.717, 1.165) is 11.3 Å². The molecule has 0 bridgehead atoms. The van der Waals surface area contributed by atoms with Crippen LogP contribution in [0.3, 0.4) is 0 Å². The van der Waals surface area contributed by atoms with E-state index >= 15 is 0 Å². The molecule has 0 aliphatic carbocycles. The summed E-state index contributed by atoms with van der Waals surface area (Å²) in [5.74, 6) is 0.630. The Kier molecular flexibility index (Phi) is 4.72. The van der Waals surface area contributed by atoms with Crippen molar-refractivity contribution in [1.82, 2.24) is 4.98 Å². The van der Waals surface area contributed by atoms with Crippen LogP contribution in [0.5, 0.6) is 5.75 Å². The molecule has 0 atom stereocenters. The van der Waals surface area contributed by atoms with E-state index < -0.39 is 0 Å². The Labute approximate surface area is 140 Å². The number of phenols is 1. The van der Waals surface area contributed by atoms with Gasteiger partial charge in [-0.1, -0.05) is 30.3 Å². The molecule has 0 saturated carbocycles. The molecular weight excluding hydrogens is 302 g/mol. The molecule has 0 radical (unpaired) electrons. The van der Waals surface area contributed by atoms with Gasteiger partial charge in [0.2, 0.25) is 5.91 Å². The molecule has 0 fully saturated rings. The molecule has 3 rings (SSSR count). The van der Waals surface area contributed by atoms with Gasteiger partial charge in [-0.2, -0.15) is 0 Å². The van der Waals surface area contributed by atoms with Gasteiger partial charge >= 0.3 is 0 Å². The molecule has 0 aliphatic heterocycles. The normalized spacial score (nSPS) is 10.2. The Hall–Kier alpha value is -3.34. The summed E-state index contributed by atoms with van der Waals surface area (Å²) in [5, 5.41) is 15.3. The minimum atomic E-state index is -0.108. The highest BCUT2D eigenvalue weighted by molar-refractivity contribution is 5.95. The molecule has 120 valence electrons. The maximum atomic E-state index is 12.2. The summed E-state index contributed by atoms with van der Waals surface area (Å²) < 4.78 is 0. The number of benzene rings is 2. The number of hydrogen-bond donors (Lipinski definition) is 3. The van der Waals surface area contributed by atoms with Gasteiger partial charge in [0, 0.05) is 11.9 Å². The third-order valence-corrected chi connectivity index (χ3v) is 3.42. The highest BCUT2D eigenvalue weighted by atomic mass is 16.3. The Bertz CT molecular complexity index is 818. The number of rotatable bonds is 5. The zero-order valence-corrected chi connectivity index (χ0v) is 12.9. The van der Waals surface area contributed by atoms with Crippen molar-refractivity contribution < 1.29 is 9.90 Å². The average molecular weight is 319 g/mol. The van der Waals surface area contributed by atoms with Crippen molar-refractivity contribution in [3.8, 4) is 5.75 Å². The fourth-order valence-corrected chi connectivity index (χ4v) is 2.26. The molecule has 1 heterocycles. The Balaban J connectivity index is 1.71. The van der Waals surface area contributed by atoms with E-state index in [1.165, 1.54) is 0 Å². The van der Waals surface area contributed by atoms with Gasteiger partial charge in [0.25, 0.3) is 0 Å². The summed E-state index contributed by atoms with van der Waals surface area (Å²) in [5.41, 5.74) is 2.32. The minimum Gasteiger partial charge on any atom is -0.508 e. The SMILES string of the molecule is O=C(Cc1ccccc1)Nc1cccnc1Nc1ccc(O)cc1. The second kappa shape index (κ2) is 7.28. The van der Waals surface area contributed by atoms with E-state index in [-0.39, 0.29) is 11.7 Å². The molecule has 5 nitrogen and oxygen atoms in total. The summed E-state index contributed by atoms with van der Waals surface area (Å²) in [4.78, 5) is 16.5. The number of amides is 1. The third kappa shape index (κ3) is 4.10. The zero-order chi connectivity index (χ0) is 16.8. The van der Waals surface area contributed by atoms with Gasteiger partial charge < -0.3 is 15.7 Å². The minimum absolute atomic E-state index is 0.108. The molecule has 2 aromatic carbocycles. The van der Waals surface area contributed by atoms with Gasteiger partial charge in [-0.15, -0.1) is 0 Å². The molecule has 1 aromatic heterocycles. The summed E-state index contributed by atoms with van der Waals surface area (Å²) >= 11 is 0. The number of nitrogens with zero attached hydrogens (tertiary/aromatic N) is 1. The molecule has 1 amide bonds. The predicted molar refractivity (Wildman–Crippen MR) is 94.4 cm³/mol. The second-order valence-electron chi connectivity index (χ2n) is 5.28. The summed E-state index contributed by atoms with van der Waals surface area (Å²) in [6.45, 7) is 0. The van der Waals surface area contributed by atoms with Gasteiger partial charge in [0.15, 0.2) is 5.82 Å². The van der Waals surface area contributed by atoms with E-state index in [9.17, 15) is 9.90 Å². The molecule has 0 saturated heterocycles. The van der Waals surface area contributed by atoms with Gasteiger partial charge in [0.05, 0.1) is 12.1 Å². The first kappa shape index (κ1) is 15.6. The number of aromatic hydroxyl groups is 1. The van der Waals surface area contributed by atoms with Crippen LogP contribution in [0, 0.1) is 0 Å². The van der Waals surface area contributed by atoms with Crippen LogP contribution in [0.25, 0.3) is 0 Å². The lowest BCUT2D eigenvalue weighted by atomic mass is 10.1. The van der Waals surface area contributed by atoms with Crippen LogP contribution in [-0.4, -0.2) is 16.0 Å². The van der Waals surface area contributed by atoms with Crippen LogP contribution in [-0.2, 0) is 11.2 Å². The molecule has 3 aromatic rings. The maximum absolute atomic E-state index is 12.2. The van der Waals surface area contributed by atoms with Gasteiger partial charge in [-0.3, -0.25) is 4.79 Å². The molecular formula is C19H17N3O2. The van der Waals surface area contributed by atoms with Crippen molar-refractivity contribution in [3.05, 3.63) is 78.5 Å². The molecule has 0 spiro atoms. The fraction of sp³-hybridized carbons (Fsp3) is 0.0526. The van der Waals surface area contributed by atoms with Crippen LogP contribution < -0.4 is 10.6 Å². The van der Waals surface area contributed by atoms with E-state index in [2.05, 4.69) is 15.6 Å². The third-order valence-electron chi connectivity index (χ3n) is 3.42. The standard InChI is InChI=1S/C19H17N3O2/c23-16-10-8-15(9-11-16)21-19-17(7-4-12-20-19)22-18(24)13-14-5-2-1-3-6-14/h1-12,23H,13H2,(H,20,21)(H,22,24). The summed E-state index contributed by atoms with van der Waals surface area (Å²) in [7, 11) is 0. The molecule has 5 heteroatoms. The van der Waals surface area contributed by atoms with E-state index in [1.807, 2.05) is 30.3 Å². The average Bonchev–Trinajstić information content (AvgIpc) is 2.59. The van der Waals surface area contributed by atoms with Crippen LogP contribution in [0.4, 0.5) is 17.2 Å². The Morgan fingerprint density at radius 2 is 1.71 bits per heavy atom. The van der Waals surface area contributed by atoms with Crippen LogP contribution >= 0.6 is 0 Å². The molecule has 3 N–H and O–H groups in total. The second-order valence-corrected chi connectivity index (χ2v) is 5.28. The van der Waals surface area contributed by atoms with Crippen molar-refractivity contribution >= 4 is 23.1 Å². The first-order valence-electron chi connectivity index (χ1n) is 7.55. The number of carbonyl (C=O) groups is 1. The maximum Gasteiger partial charge on any atom is 0.228 e. The number of anilines is 3. The molecule has 24 heavy (non-hydrogen) atoms. The number of carbonyl (C=O) groups excluding carboxylic acids is 1. The van der Waals surface area contributed by atoms with Crippen LogP contribution in [0.15, 0.2) is 72.9 Å². The number of aromatic nitrogens is 1. The smallest absolute Gasteiger partial charge is 0.228 e. The van der Waals surface area contributed by atoms with E-state index in [4.69, 9.17) is 0 Å². The van der Waals surface area contributed by atoms with Crippen molar-refractivity contribution in [2.75, 3.05) is 10.6 Å². The quantitative estimate of drug-likeness (QED) is 0.627. The highest BCUT2D eigenvalue weighted by Crippen LogP contribution is 2.24. The lowest BCUT2D eigenvalue weighted by molar-refractivity contribution is -0.115. The highest BCUT2D eigenvalue weighted by Gasteiger charge is 2.09. The zero-order valence-electron chi connectivity index (χ0n) is 12.9. The Morgan fingerprint density at radius 1 is 0.958 bits per heavy atom. The monoisotopic (exact) mass is 319 g/mol. The van der Waals surface area contributed by atoms with E-state index in [1.54, 1.807) is 42.6 Å². The van der Waals surface area contributed by atoms with Gasteiger partial charge in [-0.25, -0.2) is 4.98 Å². The largest absolute Gasteiger partial charge is 0.508 e. The van der Waals surface area contributed by atoms with Crippen LogP contribution in [0.1, 0.15) is 5.56 Å². The van der Waals surface area contributed by atoms with Crippen molar-refractivity contribution in [2.45, 2.75) is 6.42 Å². The first-order chi connectivity index (χ1) is 11.7. The summed E-state index contributed by atoms with van der Waals surface area (Å²) in [6, 6.07) is 19.8. The van der Waals surface area contributed by atoms with Gasteiger partial charge in [-0.05, 0) is 42.0 Å². The summed E-state index contributed by atoms with van der Waals surface area (Å²) in [6.07, 6.45) is 1.95.